The molecule has 2 atom stereocenters. The lowest BCUT2D eigenvalue weighted by atomic mass is 9.93. The first-order valence-corrected chi connectivity index (χ1v) is 11.4. The largest absolute Gasteiger partial charge is 0.432 e. The number of imidazole rings is 1. The highest BCUT2D eigenvalue weighted by Gasteiger charge is 2.39. The predicted octanol–water partition coefficient (Wildman–Crippen LogP) is 5.11. The molecule has 10 heteroatoms. The van der Waals surface area contributed by atoms with Crippen molar-refractivity contribution in [2.45, 2.75) is 43.9 Å². The Bertz CT molecular complexity index is 1330. The predicted molar refractivity (Wildman–Crippen MR) is 120 cm³/mol. The van der Waals surface area contributed by atoms with Crippen LogP contribution < -0.4 is 5.32 Å². The van der Waals surface area contributed by atoms with E-state index in [1.54, 1.807) is 28.9 Å². The lowest BCUT2D eigenvalue weighted by molar-refractivity contribution is -0.137. The summed E-state index contributed by atoms with van der Waals surface area (Å²) in [4.78, 5) is 16.1. The smallest absolute Gasteiger partial charge is 0.416 e. The van der Waals surface area contributed by atoms with Gasteiger partial charge in [-0.3, -0.25) is 9.30 Å². The van der Waals surface area contributed by atoms with E-state index >= 15 is 0 Å². The molecule has 0 radical (unpaired) electrons. The van der Waals surface area contributed by atoms with E-state index in [9.17, 15) is 13.2 Å². The van der Waals surface area contributed by atoms with Gasteiger partial charge >= 0.3 is 12.0 Å². The molecule has 0 bridgehead atoms. The number of hydrogen-bond donors (Lipinski definition) is 1. The minimum absolute atomic E-state index is 0.281. The van der Waals surface area contributed by atoms with Gasteiger partial charge in [-0.05, 0) is 37.6 Å². The van der Waals surface area contributed by atoms with Gasteiger partial charge in [-0.2, -0.15) is 18.2 Å². The summed E-state index contributed by atoms with van der Waals surface area (Å²) in [5.41, 5.74) is 1.08. The fraction of sp³-hybridized carbons (Fsp3) is 0.375. The van der Waals surface area contributed by atoms with Crippen LogP contribution >= 0.6 is 0 Å². The molecule has 2 aliphatic rings. The van der Waals surface area contributed by atoms with Gasteiger partial charge in [0.1, 0.15) is 17.7 Å². The van der Waals surface area contributed by atoms with Gasteiger partial charge in [0.25, 0.3) is 0 Å². The molecule has 2 aliphatic heterocycles. The number of aromatic nitrogens is 4. The van der Waals surface area contributed by atoms with Crippen molar-refractivity contribution < 1.29 is 17.6 Å². The standard InChI is InChI=1S/C24H23F3N6O/c25-24(26,27)16-6-4-5-15(13-16)20-21(33-11-12-34-23(33)31-20)17-8-9-28-22(29-17)30-18-14-32-10-3-1-2-7-19(18)32/h4-6,8-9,11-13,18-19H,1-3,7,10,14H2,(H,28,29,30). The zero-order valence-electron chi connectivity index (χ0n) is 18.3. The molecule has 2 fully saturated rings. The molecule has 2 unspecified atom stereocenters. The van der Waals surface area contributed by atoms with Crippen LogP contribution in [0.5, 0.6) is 0 Å². The maximum absolute atomic E-state index is 13.3. The van der Waals surface area contributed by atoms with E-state index in [1.807, 2.05) is 0 Å². The van der Waals surface area contributed by atoms with Crippen molar-refractivity contribution in [3.63, 3.8) is 0 Å². The minimum Gasteiger partial charge on any atom is -0.432 e. The van der Waals surface area contributed by atoms with Crippen LogP contribution in [-0.4, -0.2) is 49.4 Å². The van der Waals surface area contributed by atoms with E-state index in [4.69, 9.17) is 9.40 Å². The Morgan fingerprint density at radius 3 is 2.88 bits per heavy atom. The first-order chi connectivity index (χ1) is 16.5. The number of oxazole rings is 1. The highest BCUT2D eigenvalue weighted by molar-refractivity contribution is 5.80. The number of hydrogen-bond acceptors (Lipinski definition) is 6. The van der Waals surface area contributed by atoms with Crippen molar-refractivity contribution in [3.8, 4) is 22.6 Å². The van der Waals surface area contributed by atoms with Crippen molar-refractivity contribution in [1.82, 2.24) is 24.3 Å². The Kier molecular flexibility index (Phi) is 5.05. The normalized spacial score (nSPS) is 21.1. The van der Waals surface area contributed by atoms with Crippen molar-refractivity contribution in [2.75, 3.05) is 18.4 Å². The Labute approximate surface area is 193 Å². The Morgan fingerprint density at radius 1 is 1.09 bits per heavy atom. The molecule has 0 aliphatic carbocycles. The second-order valence-electron chi connectivity index (χ2n) is 8.87. The Morgan fingerprint density at radius 2 is 2.00 bits per heavy atom. The molecule has 176 valence electrons. The molecule has 1 N–H and O–H groups in total. The van der Waals surface area contributed by atoms with Crippen LogP contribution in [0.2, 0.25) is 0 Å². The zero-order chi connectivity index (χ0) is 23.3. The van der Waals surface area contributed by atoms with Gasteiger partial charge in [0.05, 0.1) is 17.3 Å². The Balaban J connectivity index is 1.36. The Hall–Kier alpha value is -3.40. The van der Waals surface area contributed by atoms with Crippen molar-refractivity contribution in [3.05, 3.63) is 54.6 Å². The maximum Gasteiger partial charge on any atom is 0.416 e. The summed E-state index contributed by atoms with van der Waals surface area (Å²) in [6.07, 6.45) is 5.28. The van der Waals surface area contributed by atoms with Gasteiger partial charge in [-0.15, -0.1) is 0 Å². The van der Waals surface area contributed by atoms with E-state index in [2.05, 4.69) is 20.2 Å². The topological polar surface area (TPSA) is 71.5 Å². The number of alkyl halides is 3. The number of nitrogens with zero attached hydrogens (tertiary/aromatic N) is 5. The van der Waals surface area contributed by atoms with Crippen molar-refractivity contribution in [1.29, 1.82) is 0 Å². The van der Waals surface area contributed by atoms with Crippen LogP contribution in [0.1, 0.15) is 31.2 Å². The molecule has 0 spiro atoms. The molecule has 0 amide bonds. The monoisotopic (exact) mass is 468 g/mol. The van der Waals surface area contributed by atoms with Crippen molar-refractivity contribution in [2.24, 2.45) is 0 Å². The molecule has 1 aromatic carbocycles. The van der Waals surface area contributed by atoms with Crippen LogP contribution in [0.4, 0.5) is 19.1 Å². The molecular formula is C24H23F3N6O. The van der Waals surface area contributed by atoms with Crippen molar-refractivity contribution >= 4 is 11.8 Å². The van der Waals surface area contributed by atoms with Gasteiger partial charge in [0.15, 0.2) is 0 Å². The number of anilines is 1. The van der Waals surface area contributed by atoms with Gasteiger partial charge in [-0.25, -0.2) is 9.97 Å². The zero-order valence-corrected chi connectivity index (χ0v) is 18.3. The molecule has 3 aromatic heterocycles. The molecule has 5 heterocycles. The van der Waals surface area contributed by atoms with Crippen LogP contribution in [0, 0.1) is 0 Å². The first-order valence-electron chi connectivity index (χ1n) is 11.4. The molecule has 2 saturated heterocycles. The van der Waals surface area contributed by atoms with Crippen LogP contribution in [0.25, 0.3) is 28.5 Å². The highest BCUT2D eigenvalue weighted by Crippen LogP contribution is 2.36. The third kappa shape index (κ3) is 3.71. The number of benzene rings is 1. The van der Waals surface area contributed by atoms with Gasteiger partial charge in [0.2, 0.25) is 5.95 Å². The molecule has 0 saturated carbocycles. The quantitative estimate of drug-likeness (QED) is 0.449. The molecule has 4 aromatic rings. The van der Waals surface area contributed by atoms with Gasteiger partial charge in [-0.1, -0.05) is 25.0 Å². The number of rotatable bonds is 4. The third-order valence-electron chi connectivity index (χ3n) is 6.75. The molecule has 7 nitrogen and oxygen atoms in total. The van der Waals surface area contributed by atoms with Crippen LogP contribution in [0.15, 0.2) is 53.4 Å². The highest BCUT2D eigenvalue weighted by atomic mass is 19.4. The summed E-state index contributed by atoms with van der Waals surface area (Å²) in [6.45, 7) is 2.10. The third-order valence-corrected chi connectivity index (χ3v) is 6.75. The molecule has 6 rings (SSSR count). The number of nitrogens with one attached hydrogen (secondary N) is 1. The fourth-order valence-corrected chi connectivity index (χ4v) is 5.05. The summed E-state index contributed by atoms with van der Waals surface area (Å²) < 4.78 is 47.1. The summed E-state index contributed by atoms with van der Waals surface area (Å²) in [6, 6.07) is 7.64. The van der Waals surface area contributed by atoms with E-state index in [0.29, 0.717) is 34.6 Å². The number of halogens is 3. The SMILES string of the molecule is FC(F)(F)c1cccc(-c2nc3occn3c2-c2ccnc(NC3CN4CCCCCC34)n2)c1. The van der Waals surface area contributed by atoms with Gasteiger partial charge < -0.3 is 9.73 Å². The average Bonchev–Trinajstić information content (AvgIpc) is 3.35. The van der Waals surface area contributed by atoms with E-state index < -0.39 is 11.7 Å². The van der Waals surface area contributed by atoms with Crippen LogP contribution in [-0.2, 0) is 6.18 Å². The summed E-state index contributed by atoms with van der Waals surface area (Å²) in [5.74, 6) is 0.781. The summed E-state index contributed by atoms with van der Waals surface area (Å²) in [7, 11) is 0. The maximum atomic E-state index is 13.3. The second kappa shape index (κ2) is 8.12. The lowest BCUT2D eigenvalue weighted by Gasteiger charge is -2.47. The summed E-state index contributed by atoms with van der Waals surface area (Å²) >= 11 is 0. The van der Waals surface area contributed by atoms with E-state index in [-0.39, 0.29) is 11.9 Å². The lowest BCUT2D eigenvalue weighted by Crippen LogP contribution is -2.62. The molecular weight excluding hydrogens is 445 g/mol. The number of fused-ring (bicyclic) bond motifs is 2. The van der Waals surface area contributed by atoms with Crippen LogP contribution in [0.3, 0.4) is 0 Å². The van der Waals surface area contributed by atoms with E-state index in [0.717, 1.165) is 31.6 Å². The van der Waals surface area contributed by atoms with E-state index in [1.165, 1.54) is 31.6 Å². The average molecular weight is 468 g/mol. The minimum atomic E-state index is -4.45. The summed E-state index contributed by atoms with van der Waals surface area (Å²) in [5, 5.41) is 3.47. The fourth-order valence-electron chi connectivity index (χ4n) is 5.05. The second-order valence-corrected chi connectivity index (χ2v) is 8.87. The van der Waals surface area contributed by atoms with Gasteiger partial charge in [0, 0.05) is 30.5 Å². The molecule has 34 heavy (non-hydrogen) atoms. The first kappa shape index (κ1) is 21.2.